The lowest BCUT2D eigenvalue weighted by atomic mass is 10.0. The molecule has 0 bridgehead atoms. The number of aryl methyl sites for hydroxylation is 2. The first kappa shape index (κ1) is 15.4. The molecular formula is C15H25N3OS. The third kappa shape index (κ3) is 4.28. The summed E-state index contributed by atoms with van der Waals surface area (Å²) in [4.78, 5) is 20.1. The van der Waals surface area contributed by atoms with E-state index in [0.717, 1.165) is 25.9 Å². The first-order valence-electron chi connectivity index (χ1n) is 7.69. The summed E-state index contributed by atoms with van der Waals surface area (Å²) in [7, 11) is 0. The minimum Gasteiger partial charge on any atom is -0.355 e. The van der Waals surface area contributed by atoms with Crippen LogP contribution in [0.5, 0.6) is 0 Å². The molecule has 0 unspecified atom stereocenters. The van der Waals surface area contributed by atoms with Crippen LogP contribution in [-0.4, -0.2) is 42.0 Å². The van der Waals surface area contributed by atoms with Gasteiger partial charge in [0.2, 0.25) is 5.91 Å². The van der Waals surface area contributed by atoms with Crippen LogP contribution in [0.2, 0.25) is 0 Å². The van der Waals surface area contributed by atoms with Crippen molar-refractivity contribution in [3.63, 3.8) is 0 Å². The first-order valence-corrected chi connectivity index (χ1v) is 8.51. The topological polar surface area (TPSA) is 45.2 Å². The summed E-state index contributed by atoms with van der Waals surface area (Å²) < 4.78 is 0. The summed E-state index contributed by atoms with van der Waals surface area (Å²) >= 11 is 1.84. The van der Waals surface area contributed by atoms with Gasteiger partial charge in [0.1, 0.15) is 0 Å². The van der Waals surface area contributed by atoms with E-state index in [9.17, 15) is 4.79 Å². The molecule has 0 spiro atoms. The van der Waals surface area contributed by atoms with Crippen molar-refractivity contribution >= 4 is 17.2 Å². The minimum atomic E-state index is 0.120. The summed E-state index contributed by atoms with van der Waals surface area (Å²) in [6, 6.07) is 0. The fourth-order valence-corrected chi connectivity index (χ4v) is 3.68. The molecular weight excluding hydrogens is 270 g/mol. The molecule has 5 heteroatoms. The highest BCUT2D eigenvalue weighted by atomic mass is 32.1. The Labute approximate surface area is 125 Å². The van der Waals surface area contributed by atoms with Gasteiger partial charge in [-0.25, -0.2) is 4.98 Å². The van der Waals surface area contributed by atoms with E-state index in [2.05, 4.69) is 24.1 Å². The number of hydrogen-bond acceptors (Lipinski definition) is 4. The van der Waals surface area contributed by atoms with Gasteiger partial charge < -0.3 is 5.32 Å². The fourth-order valence-electron chi connectivity index (χ4n) is 2.53. The highest BCUT2D eigenvalue weighted by Crippen LogP contribution is 2.26. The van der Waals surface area contributed by atoms with Crippen LogP contribution >= 0.6 is 11.3 Å². The zero-order chi connectivity index (χ0) is 14.4. The Kier molecular flexibility index (Phi) is 5.98. The van der Waals surface area contributed by atoms with E-state index in [-0.39, 0.29) is 5.91 Å². The second-order valence-electron chi connectivity index (χ2n) is 5.25. The predicted molar refractivity (Wildman–Crippen MR) is 83.3 cm³/mol. The maximum atomic E-state index is 11.8. The lowest BCUT2D eigenvalue weighted by molar-refractivity contribution is -0.122. The van der Waals surface area contributed by atoms with E-state index in [4.69, 9.17) is 4.98 Å². The highest BCUT2D eigenvalue weighted by molar-refractivity contribution is 7.11. The fraction of sp³-hybridized carbons (Fsp3) is 0.733. The van der Waals surface area contributed by atoms with Gasteiger partial charge in [0.15, 0.2) is 0 Å². The van der Waals surface area contributed by atoms with Crippen molar-refractivity contribution in [1.82, 2.24) is 15.2 Å². The monoisotopic (exact) mass is 295 g/mol. The summed E-state index contributed by atoms with van der Waals surface area (Å²) in [5, 5.41) is 4.18. The maximum Gasteiger partial charge on any atom is 0.234 e. The van der Waals surface area contributed by atoms with Crippen molar-refractivity contribution in [3.8, 4) is 0 Å². The number of hydrogen-bond donors (Lipinski definition) is 1. The third-order valence-corrected chi connectivity index (χ3v) is 5.03. The number of fused-ring (bicyclic) bond motifs is 1. The van der Waals surface area contributed by atoms with Crippen LogP contribution in [0, 0.1) is 0 Å². The highest BCUT2D eigenvalue weighted by Gasteiger charge is 2.15. The van der Waals surface area contributed by atoms with Gasteiger partial charge in [-0.05, 0) is 38.8 Å². The SMILES string of the molecule is CCN(CC)CC(=O)NCCc1nc2c(s1)CCCC2. The molecule has 4 nitrogen and oxygen atoms in total. The Morgan fingerprint density at radius 2 is 2.05 bits per heavy atom. The van der Waals surface area contributed by atoms with Gasteiger partial charge in [-0.15, -0.1) is 11.3 Å². The van der Waals surface area contributed by atoms with Gasteiger partial charge >= 0.3 is 0 Å². The molecule has 1 aliphatic carbocycles. The van der Waals surface area contributed by atoms with Crippen molar-refractivity contribution < 1.29 is 4.79 Å². The number of nitrogens with zero attached hydrogens (tertiary/aromatic N) is 2. The van der Waals surface area contributed by atoms with Gasteiger partial charge in [0.05, 0.1) is 17.2 Å². The van der Waals surface area contributed by atoms with E-state index in [1.165, 1.54) is 34.8 Å². The van der Waals surface area contributed by atoms with E-state index >= 15 is 0 Å². The molecule has 0 atom stereocenters. The maximum absolute atomic E-state index is 11.8. The molecule has 2 rings (SSSR count). The zero-order valence-corrected chi connectivity index (χ0v) is 13.4. The number of rotatable bonds is 7. The van der Waals surface area contributed by atoms with Gasteiger partial charge in [0.25, 0.3) is 0 Å². The van der Waals surface area contributed by atoms with Crippen LogP contribution in [0.4, 0.5) is 0 Å². The van der Waals surface area contributed by atoms with Crippen LogP contribution in [-0.2, 0) is 24.1 Å². The normalized spacial score (nSPS) is 14.3. The van der Waals surface area contributed by atoms with Crippen molar-refractivity contribution in [2.75, 3.05) is 26.2 Å². The Hall–Kier alpha value is -0.940. The van der Waals surface area contributed by atoms with E-state index in [0.29, 0.717) is 13.1 Å². The number of carbonyl (C=O) groups is 1. The molecule has 1 N–H and O–H groups in total. The quantitative estimate of drug-likeness (QED) is 0.837. The molecule has 0 saturated carbocycles. The number of aromatic nitrogens is 1. The molecule has 0 fully saturated rings. The number of likely N-dealkylation sites (N-methyl/N-ethyl adjacent to an activating group) is 1. The molecule has 0 aliphatic heterocycles. The van der Waals surface area contributed by atoms with E-state index in [1.54, 1.807) is 0 Å². The first-order chi connectivity index (χ1) is 9.72. The summed E-state index contributed by atoms with van der Waals surface area (Å²) in [6.07, 6.45) is 5.77. The lowest BCUT2D eigenvalue weighted by Crippen LogP contribution is -2.37. The van der Waals surface area contributed by atoms with Crippen LogP contribution in [0.1, 0.15) is 42.3 Å². The van der Waals surface area contributed by atoms with E-state index in [1.807, 2.05) is 11.3 Å². The van der Waals surface area contributed by atoms with Crippen LogP contribution in [0.3, 0.4) is 0 Å². The summed E-state index contributed by atoms with van der Waals surface area (Å²) in [6.45, 7) is 7.20. The predicted octanol–water partition coefficient (Wildman–Crippen LogP) is 2.02. The molecule has 0 saturated heterocycles. The average Bonchev–Trinajstić information content (AvgIpc) is 2.87. The van der Waals surface area contributed by atoms with Crippen molar-refractivity contribution in [2.24, 2.45) is 0 Å². The van der Waals surface area contributed by atoms with Gasteiger partial charge in [-0.3, -0.25) is 9.69 Å². The Balaban J connectivity index is 1.72. The van der Waals surface area contributed by atoms with Gasteiger partial charge in [-0.2, -0.15) is 0 Å². The molecule has 112 valence electrons. The van der Waals surface area contributed by atoms with Crippen LogP contribution in [0.15, 0.2) is 0 Å². The molecule has 1 aromatic rings. The molecule has 0 aromatic carbocycles. The molecule has 20 heavy (non-hydrogen) atoms. The van der Waals surface area contributed by atoms with E-state index < -0.39 is 0 Å². The number of amides is 1. The number of thiazole rings is 1. The molecule has 1 heterocycles. The second kappa shape index (κ2) is 7.74. The summed E-state index contributed by atoms with van der Waals surface area (Å²) in [5.74, 6) is 0.120. The largest absolute Gasteiger partial charge is 0.355 e. The third-order valence-electron chi connectivity index (χ3n) is 3.81. The van der Waals surface area contributed by atoms with Crippen molar-refractivity contribution in [3.05, 3.63) is 15.6 Å². The average molecular weight is 295 g/mol. The number of carbonyl (C=O) groups excluding carboxylic acids is 1. The van der Waals surface area contributed by atoms with Crippen molar-refractivity contribution in [2.45, 2.75) is 46.0 Å². The van der Waals surface area contributed by atoms with Crippen molar-refractivity contribution in [1.29, 1.82) is 0 Å². The Morgan fingerprint density at radius 1 is 1.30 bits per heavy atom. The Bertz CT molecular complexity index is 417. The van der Waals surface area contributed by atoms with Gasteiger partial charge in [0, 0.05) is 17.8 Å². The van der Waals surface area contributed by atoms with Crippen LogP contribution < -0.4 is 5.32 Å². The Morgan fingerprint density at radius 3 is 2.75 bits per heavy atom. The van der Waals surface area contributed by atoms with Gasteiger partial charge in [-0.1, -0.05) is 13.8 Å². The smallest absolute Gasteiger partial charge is 0.234 e. The minimum absolute atomic E-state index is 0.120. The molecule has 1 amide bonds. The standard InChI is InChI=1S/C15H25N3OS/c1-3-18(4-2)11-14(19)16-10-9-15-17-12-7-5-6-8-13(12)20-15/h3-11H2,1-2H3,(H,16,19). The molecule has 1 aromatic heterocycles. The lowest BCUT2D eigenvalue weighted by Gasteiger charge is -2.16. The van der Waals surface area contributed by atoms with Crippen LogP contribution in [0.25, 0.3) is 0 Å². The second-order valence-corrected chi connectivity index (χ2v) is 6.41. The molecule has 0 radical (unpaired) electrons. The number of nitrogens with one attached hydrogen (secondary N) is 1. The summed E-state index contributed by atoms with van der Waals surface area (Å²) in [5.41, 5.74) is 1.31. The molecule has 1 aliphatic rings. The zero-order valence-electron chi connectivity index (χ0n) is 12.6.